The Balaban J connectivity index is 0.000000112. The number of fused-ring (bicyclic) bond motifs is 24. The van der Waals surface area contributed by atoms with Gasteiger partial charge in [-0.3, -0.25) is 4.57 Å². The van der Waals surface area contributed by atoms with E-state index in [1.54, 1.807) is 0 Å². The lowest BCUT2D eigenvalue weighted by Crippen LogP contribution is -2.14. The van der Waals surface area contributed by atoms with Crippen molar-refractivity contribution in [3.8, 4) is 49.3 Å². The number of nitrogens with zero attached hydrogens (tertiary/aromatic N) is 5. The van der Waals surface area contributed by atoms with Gasteiger partial charge in [0.1, 0.15) is 0 Å². The Kier molecular flexibility index (Phi) is 12.0. The maximum absolute atomic E-state index is 6.15. The summed E-state index contributed by atoms with van der Waals surface area (Å²) in [4.78, 5) is 26.2. The molecule has 2 aliphatic rings. The van der Waals surface area contributed by atoms with Crippen molar-refractivity contribution in [3.05, 3.63) is 282 Å². The third kappa shape index (κ3) is 8.09. The molecule has 0 atom stereocenters. The summed E-state index contributed by atoms with van der Waals surface area (Å²) < 4.78 is 5.01. The lowest BCUT2D eigenvalue weighted by atomic mass is 9.81. The highest BCUT2D eigenvalue weighted by Gasteiger charge is 2.40. The van der Waals surface area contributed by atoms with Crippen LogP contribution in [-0.2, 0) is 10.8 Å². The molecule has 9 heteroatoms. The Morgan fingerprint density at radius 3 is 1.46 bits per heavy atom. The van der Waals surface area contributed by atoms with Gasteiger partial charge in [0.05, 0.1) is 48.4 Å². The second-order valence-corrected chi connectivity index (χ2v) is 27.4. The third-order valence-corrected chi connectivity index (χ3v) is 21.9. The van der Waals surface area contributed by atoms with Crippen LogP contribution in [-0.4, -0.2) is 29.5 Å². The summed E-state index contributed by atoms with van der Waals surface area (Å²) in [5.74, 6) is 0.699. The van der Waals surface area contributed by atoms with Crippen molar-refractivity contribution >= 4 is 141 Å². The Labute approximate surface area is 537 Å². The topological polar surface area (TPSA) is 72.3 Å². The summed E-state index contributed by atoms with van der Waals surface area (Å²) in [6.45, 7) is 9.46. The van der Waals surface area contributed by atoms with Gasteiger partial charge in [0.25, 0.3) is 0 Å². The fraction of sp³-hybridized carbons (Fsp3) is 0.0732. The molecule has 6 aromatic heterocycles. The zero-order chi connectivity index (χ0) is 60.9. The lowest BCUT2D eigenvalue weighted by molar-refractivity contribution is 0.667. The van der Waals surface area contributed by atoms with Crippen LogP contribution in [0.2, 0.25) is 5.28 Å². The van der Waals surface area contributed by atoms with E-state index in [1.807, 2.05) is 65.1 Å². The van der Waals surface area contributed by atoms with Crippen LogP contribution in [0.5, 0.6) is 0 Å². The predicted molar refractivity (Wildman–Crippen MR) is 386 cm³/mol. The van der Waals surface area contributed by atoms with Gasteiger partial charge in [-0.2, -0.15) is 0 Å². The normalized spacial score (nSPS) is 13.5. The quantitative estimate of drug-likeness (QED) is 0.141. The predicted octanol–water partition coefficient (Wildman–Crippen LogP) is 23.0. The maximum atomic E-state index is 6.15. The second-order valence-electron chi connectivity index (χ2n) is 25.0. The molecule has 0 amide bonds. The minimum Gasteiger partial charge on any atom is -0.353 e. The molecule has 1 N–H and O–H groups in total. The molecule has 20 rings (SSSR count). The van der Waals surface area contributed by atoms with Crippen molar-refractivity contribution in [2.24, 2.45) is 0 Å². The van der Waals surface area contributed by atoms with Gasteiger partial charge in [-0.25, -0.2) is 19.9 Å². The fourth-order valence-corrected chi connectivity index (χ4v) is 18.3. The van der Waals surface area contributed by atoms with Crippen molar-refractivity contribution in [1.29, 1.82) is 0 Å². The van der Waals surface area contributed by atoms with E-state index < -0.39 is 0 Å². The summed E-state index contributed by atoms with van der Waals surface area (Å²) in [7, 11) is 0. The molecular formula is C82H55ClN6S2. The van der Waals surface area contributed by atoms with Gasteiger partial charge in [0.15, 0.2) is 0 Å². The van der Waals surface area contributed by atoms with Gasteiger partial charge in [-0.1, -0.05) is 258 Å². The molecule has 0 bridgehead atoms. The van der Waals surface area contributed by atoms with Gasteiger partial charge >= 0.3 is 0 Å². The van der Waals surface area contributed by atoms with Crippen LogP contribution in [0.25, 0.3) is 156 Å². The zero-order valence-corrected chi connectivity index (χ0v) is 52.6. The average Bonchev–Trinajstić information content (AvgIpc) is 1.55. The first-order valence-corrected chi connectivity index (χ1v) is 32.9. The van der Waals surface area contributed by atoms with Crippen LogP contribution in [0.3, 0.4) is 0 Å². The smallest absolute Gasteiger partial charge is 0.235 e. The number of benzene rings is 12. The van der Waals surface area contributed by atoms with E-state index in [4.69, 9.17) is 21.6 Å². The summed E-state index contributed by atoms with van der Waals surface area (Å²) >= 11 is 10.0. The number of H-pyrrole nitrogens is 1. The number of aromatic nitrogens is 6. The van der Waals surface area contributed by atoms with Gasteiger partial charge in [-0.05, 0) is 90.8 Å². The van der Waals surface area contributed by atoms with E-state index in [1.165, 1.54) is 107 Å². The number of hydrogen-bond donors (Lipinski definition) is 1. The monoisotopic (exact) mass is 1220 g/mol. The number of nitrogens with one attached hydrogen (secondary N) is 1. The van der Waals surface area contributed by atoms with Gasteiger partial charge < -0.3 is 4.98 Å². The van der Waals surface area contributed by atoms with E-state index in [9.17, 15) is 0 Å². The highest BCUT2D eigenvalue weighted by Crippen LogP contribution is 2.58. The molecular weight excluding hydrogens is 1170 g/mol. The fourth-order valence-electron chi connectivity index (χ4n) is 15.0. The summed E-state index contributed by atoms with van der Waals surface area (Å²) in [5.41, 5.74) is 19.2. The molecule has 2 aliphatic carbocycles. The molecule has 0 unspecified atom stereocenters. The van der Waals surface area contributed by atoms with E-state index in [2.05, 4.69) is 260 Å². The highest BCUT2D eigenvalue weighted by molar-refractivity contribution is 7.24. The largest absolute Gasteiger partial charge is 0.353 e. The van der Waals surface area contributed by atoms with E-state index in [-0.39, 0.29) is 16.1 Å². The highest BCUT2D eigenvalue weighted by atomic mass is 35.5. The lowest BCUT2D eigenvalue weighted by Gasteiger charge is -2.21. The van der Waals surface area contributed by atoms with Crippen LogP contribution >= 0.6 is 34.3 Å². The molecule has 0 saturated carbocycles. The molecule has 0 aliphatic heterocycles. The molecule has 432 valence electrons. The van der Waals surface area contributed by atoms with Crippen molar-refractivity contribution < 1.29 is 0 Å². The van der Waals surface area contributed by atoms with Gasteiger partial charge in [0, 0.05) is 80.3 Å². The number of halogens is 1. The molecule has 6 heterocycles. The van der Waals surface area contributed by atoms with Crippen molar-refractivity contribution in [1.82, 2.24) is 29.5 Å². The first-order chi connectivity index (χ1) is 44.6. The Bertz CT molecular complexity index is 6050. The van der Waals surface area contributed by atoms with Crippen LogP contribution in [0.1, 0.15) is 49.9 Å². The van der Waals surface area contributed by atoms with Crippen molar-refractivity contribution in [2.45, 2.75) is 38.5 Å². The molecule has 0 radical (unpaired) electrons. The molecule has 6 nitrogen and oxygen atoms in total. The minimum atomic E-state index is -0.0759. The Hall–Kier alpha value is -10.4. The summed E-state index contributed by atoms with van der Waals surface area (Å²) in [5, 5.41) is 14.7. The van der Waals surface area contributed by atoms with Crippen molar-refractivity contribution in [2.75, 3.05) is 0 Å². The van der Waals surface area contributed by atoms with Gasteiger partial charge in [0.2, 0.25) is 11.2 Å². The molecule has 12 aromatic carbocycles. The molecule has 0 saturated heterocycles. The number of aromatic amines is 1. The first kappa shape index (κ1) is 53.7. The van der Waals surface area contributed by atoms with Crippen LogP contribution < -0.4 is 0 Å². The Morgan fingerprint density at radius 1 is 0.374 bits per heavy atom. The Morgan fingerprint density at radius 2 is 0.835 bits per heavy atom. The SMILES string of the molecule is CC1(C)c2ccccc2-c2sc3c(ccc4c5ccccc5[nH]c43)c21.CC1(C)c2ccccc2-c2sc3c(ccc4c5ccccc5n(-c5nc(-c6ccccc6)c6ccc7ccccc7c6n5)c43)c21.Clc1nc(-c2ccccc2)c2ccc3ccccc3c2n1. The zero-order valence-electron chi connectivity index (χ0n) is 50.2. The molecule has 18 aromatic rings. The van der Waals surface area contributed by atoms with Crippen LogP contribution in [0.15, 0.2) is 255 Å². The molecule has 0 fully saturated rings. The number of thiophene rings is 2. The molecule has 0 spiro atoms. The van der Waals surface area contributed by atoms with E-state index in [0.29, 0.717) is 5.95 Å². The number of hydrogen-bond acceptors (Lipinski definition) is 6. The summed E-state index contributed by atoms with van der Waals surface area (Å²) in [6, 6.07) is 90.2. The standard InChI is InChI=1S/C41H27N3S.C23H17NS.C18H11ClN2/c1-41(2)32-18-10-8-17-29(32)38-34(41)30-23-22-28-27-16-9-11-19-33(27)44(37(28)39(30)45-38)40-42-35(25-13-4-3-5-14-25)31-21-20-24-12-6-7-15-26(24)36(31)43-40;1-23(2)17-9-5-3-8-15(17)21-19(23)16-12-11-14-13-7-4-6-10-18(13)24-20(14)22(16)25-21;19-18-20-16(13-7-2-1-3-8-13)15-11-10-12-6-4-5-9-14(12)17(15)21-18/h3-23H,1-2H3;3-12,24H,1-2H3;1-11H. The van der Waals surface area contributed by atoms with E-state index >= 15 is 0 Å². The van der Waals surface area contributed by atoms with Gasteiger partial charge in [-0.15, -0.1) is 22.7 Å². The summed E-state index contributed by atoms with van der Waals surface area (Å²) in [6.07, 6.45) is 0. The van der Waals surface area contributed by atoms with Crippen LogP contribution in [0, 0.1) is 0 Å². The third-order valence-electron chi connectivity index (χ3n) is 19.2. The van der Waals surface area contributed by atoms with Crippen molar-refractivity contribution in [3.63, 3.8) is 0 Å². The number of rotatable bonds is 3. The van der Waals surface area contributed by atoms with E-state index in [0.717, 1.165) is 66.0 Å². The second kappa shape index (κ2) is 20.3. The molecule has 91 heavy (non-hydrogen) atoms. The first-order valence-electron chi connectivity index (χ1n) is 30.9. The number of para-hydroxylation sites is 2. The van der Waals surface area contributed by atoms with Crippen LogP contribution in [0.4, 0.5) is 0 Å². The average molecular weight is 1220 g/mol. The minimum absolute atomic E-state index is 0.0594. The maximum Gasteiger partial charge on any atom is 0.235 e.